The van der Waals surface area contributed by atoms with E-state index in [0.717, 1.165) is 0 Å². The van der Waals surface area contributed by atoms with E-state index < -0.39 is 21.9 Å². The maximum absolute atomic E-state index is 12.6. The fourth-order valence-corrected chi connectivity index (χ4v) is 5.16. The molecule has 0 radical (unpaired) electrons. The van der Waals surface area contributed by atoms with Crippen LogP contribution in [0, 0.1) is 5.92 Å². The van der Waals surface area contributed by atoms with Crippen molar-refractivity contribution in [2.24, 2.45) is 5.92 Å². The van der Waals surface area contributed by atoms with Crippen molar-refractivity contribution in [2.75, 3.05) is 13.1 Å². The largest absolute Gasteiger partial charge is 0.481 e. The Kier molecular flexibility index (Phi) is 4.88. The standard InChI is InChI=1S/C12H13Br2NO4S/c13-9-3-4-10(14)11(6-9)20(18,19)15-5-1-2-8(7-15)12(16)17/h3-4,6,8H,1-2,5,7H2,(H,16,17). The summed E-state index contributed by atoms with van der Waals surface area (Å²) in [5, 5.41) is 9.05. The van der Waals surface area contributed by atoms with E-state index in [0.29, 0.717) is 28.3 Å². The molecule has 1 atom stereocenters. The van der Waals surface area contributed by atoms with E-state index in [2.05, 4.69) is 31.9 Å². The summed E-state index contributed by atoms with van der Waals surface area (Å²) in [7, 11) is -3.69. The number of nitrogens with zero attached hydrogens (tertiary/aromatic N) is 1. The van der Waals surface area contributed by atoms with E-state index in [1.54, 1.807) is 12.1 Å². The third kappa shape index (κ3) is 3.24. The average Bonchev–Trinajstić information content (AvgIpc) is 2.41. The number of aliphatic carboxylic acids is 1. The van der Waals surface area contributed by atoms with Crippen LogP contribution in [0.4, 0.5) is 0 Å². The van der Waals surface area contributed by atoms with Gasteiger partial charge in [0.2, 0.25) is 10.0 Å². The number of piperidine rings is 1. The zero-order valence-electron chi connectivity index (χ0n) is 10.4. The molecule has 1 aromatic rings. The number of rotatable bonds is 3. The summed E-state index contributed by atoms with van der Waals surface area (Å²) < 4.78 is 27.6. The Morgan fingerprint density at radius 3 is 2.70 bits per heavy atom. The summed E-state index contributed by atoms with van der Waals surface area (Å²) in [5.74, 6) is -1.58. The van der Waals surface area contributed by atoms with E-state index in [9.17, 15) is 13.2 Å². The molecule has 0 aliphatic carbocycles. The maximum Gasteiger partial charge on any atom is 0.307 e. The monoisotopic (exact) mass is 425 g/mol. The lowest BCUT2D eigenvalue weighted by Crippen LogP contribution is -2.42. The second kappa shape index (κ2) is 6.13. The van der Waals surface area contributed by atoms with Gasteiger partial charge in [-0.05, 0) is 47.0 Å². The second-order valence-electron chi connectivity index (χ2n) is 4.62. The normalized spacial score (nSPS) is 20.8. The first kappa shape index (κ1) is 15.9. The highest BCUT2D eigenvalue weighted by atomic mass is 79.9. The maximum atomic E-state index is 12.6. The minimum Gasteiger partial charge on any atom is -0.481 e. The summed E-state index contributed by atoms with van der Waals surface area (Å²) in [4.78, 5) is 11.2. The first-order valence-electron chi connectivity index (χ1n) is 6.00. The number of benzene rings is 1. The minimum atomic E-state index is -3.69. The van der Waals surface area contributed by atoms with Crippen LogP contribution in [0.25, 0.3) is 0 Å². The highest BCUT2D eigenvalue weighted by molar-refractivity contribution is 9.11. The van der Waals surface area contributed by atoms with Crippen LogP contribution in [0.5, 0.6) is 0 Å². The van der Waals surface area contributed by atoms with Crippen LogP contribution in [0.15, 0.2) is 32.0 Å². The first-order chi connectivity index (χ1) is 9.32. The molecule has 1 unspecified atom stereocenters. The van der Waals surface area contributed by atoms with Gasteiger partial charge in [-0.2, -0.15) is 4.31 Å². The van der Waals surface area contributed by atoms with E-state index in [-0.39, 0.29) is 11.4 Å². The number of halogens is 2. The molecule has 1 N–H and O–H groups in total. The second-order valence-corrected chi connectivity index (χ2v) is 8.29. The van der Waals surface area contributed by atoms with E-state index in [4.69, 9.17) is 5.11 Å². The average molecular weight is 427 g/mol. The predicted molar refractivity (Wildman–Crippen MR) is 81.0 cm³/mol. The third-order valence-electron chi connectivity index (χ3n) is 3.24. The van der Waals surface area contributed by atoms with Gasteiger partial charge in [0.25, 0.3) is 0 Å². The van der Waals surface area contributed by atoms with Crippen LogP contribution in [0.2, 0.25) is 0 Å². The molecule has 0 saturated carbocycles. The number of carboxylic acid groups (broad SMARTS) is 1. The fraction of sp³-hybridized carbons (Fsp3) is 0.417. The summed E-state index contributed by atoms with van der Waals surface area (Å²) in [6.45, 7) is 0.377. The molecule has 1 fully saturated rings. The van der Waals surface area contributed by atoms with Gasteiger partial charge in [0.05, 0.1) is 10.8 Å². The van der Waals surface area contributed by atoms with Crippen molar-refractivity contribution in [3.8, 4) is 0 Å². The molecule has 1 aromatic carbocycles. The Hall–Kier alpha value is -0.440. The summed E-state index contributed by atoms with van der Waals surface area (Å²) in [6.07, 6.45) is 1.07. The van der Waals surface area contributed by atoms with Crippen LogP contribution in [0.3, 0.4) is 0 Å². The lowest BCUT2D eigenvalue weighted by atomic mass is 10.0. The molecule has 0 amide bonds. The van der Waals surface area contributed by atoms with Gasteiger partial charge >= 0.3 is 5.97 Å². The molecule has 1 saturated heterocycles. The first-order valence-corrected chi connectivity index (χ1v) is 9.03. The quantitative estimate of drug-likeness (QED) is 0.806. The smallest absolute Gasteiger partial charge is 0.307 e. The fourth-order valence-electron chi connectivity index (χ4n) is 2.18. The van der Waals surface area contributed by atoms with Crippen LogP contribution < -0.4 is 0 Å². The van der Waals surface area contributed by atoms with Gasteiger partial charge in [0.1, 0.15) is 0 Å². The van der Waals surface area contributed by atoms with Gasteiger partial charge in [-0.25, -0.2) is 8.42 Å². The Morgan fingerprint density at radius 1 is 1.35 bits per heavy atom. The topological polar surface area (TPSA) is 74.7 Å². The molecule has 2 rings (SSSR count). The van der Waals surface area contributed by atoms with Gasteiger partial charge in [-0.15, -0.1) is 0 Å². The van der Waals surface area contributed by atoms with Crippen molar-refractivity contribution < 1.29 is 18.3 Å². The van der Waals surface area contributed by atoms with Crippen LogP contribution >= 0.6 is 31.9 Å². The van der Waals surface area contributed by atoms with Crippen molar-refractivity contribution in [3.05, 3.63) is 27.1 Å². The highest BCUT2D eigenvalue weighted by Gasteiger charge is 2.34. The van der Waals surface area contributed by atoms with Gasteiger partial charge in [0.15, 0.2) is 0 Å². The number of carbonyl (C=O) groups is 1. The Balaban J connectivity index is 2.35. The van der Waals surface area contributed by atoms with Crippen molar-refractivity contribution in [1.82, 2.24) is 4.31 Å². The van der Waals surface area contributed by atoms with Gasteiger partial charge in [-0.3, -0.25) is 4.79 Å². The van der Waals surface area contributed by atoms with Crippen LogP contribution in [0.1, 0.15) is 12.8 Å². The van der Waals surface area contributed by atoms with Gasteiger partial charge < -0.3 is 5.11 Å². The Morgan fingerprint density at radius 2 is 2.05 bits per heavy atom. The molecule has 0 aromatic heterocycles. The van der Waals surface area contributed by atoms with Crippen molar-refractivity contribution in [2.45, 2.75) is 17.7 Å². The van der Waals surface area contributed by atoms with Crippen molar-refractivity contribution in [3.63, 3.8) is 0 Å². The summed E-state index contributed by atoms with van der Waals surface area (Å²) in [6, 6.07) is 4.90. The summed E-state index contributed by atoms with van der Waals surface area (Å²) in [5.41, 5.74) is 0. The molecular formula is C12H13Br2NO4S. The molecule has 0 bridgehead atoms. The van der Waals surface area contributed by atoms with Gasteiger partial charge in [0, 0.05) is 22.0 Å². The van der Waals surface area contributed by atoms with Crippen molar-refractivity contribution >= 4 is 47.9 Å². The number of sulfonamides is 1. The van der Waals surface area contributed by atoms with E-state index in [1.807, 2.05) is 0 Å². The number of hydrogen-bond donors (Lipinski definition) is 1. The van der Waals surface area contributed by atoms with E-state index >= 15 is 0 Å². The zero-order chi connectivity index (χ0) is 14.9. The molecule has 8 heteroatoms. The van der Waals surface area contributed by atoms with Crippen LogP contribution in [-0.4, -0.2) is 36.9 Å². The third-order valence-corrected chi connectivity index (χ3v) is 6.60. The lowest BCUT2D eigenvalue weighted by molar-refractivity contribution is -0.142. The Labute approximate surface area is 134 Å². The zero-order valence-corrected chi connectivity index (χ0v) is 14.4. The molecule has 20 heavy (non-hydrogen) atoms. The molecule has 5 nitrogen and oxygen atoms in total. The molecule has 1 aliphatic heterocycles. The molecule has 1 heterocycles. The predicted octanol–water partition coefficient (Wildman–Crippen LogP) is 2.70. The van der Waals surface area contributed by atoms with Crippen molar-refractivity contribution in [1.29, 1.82) is 0 Å². The number of carboxylic acids is 1. The highest BCUT2D eigenvalue weighted by Crippen LogP contribution is 2.30. The molecule has 1 aliphatic rings. The SMILES string of the molecule is O=C(O)C1CCCN(S(=O)(=O)c2cc(Br)ccc2Br)C1. The van der Waals surface area contributed by atoms with Gasteiger partial charge in [-0.1, -0.05) is 15.9 Å². The lowest BCUT2D eigenvalue weighted by Gasteiger charge is -2.30. The molecule has 110 valence electrons. The minimum absolute atomic E-state index is 0.0244. The van der Waals surface area contributed by atoms with Crippen LogP contribution in [-0.2, 0) is 14.8 Å². The number of hydrogen-bond acceptors (Lipinski definition) is 3. The molecule has 0 spiro atoms. The van der Waals surface area contributed by atoms with E-state index in [1.165, 1.54) is 10.4 Å². The molecular weight excluding hydrogens is 414 g/mol. The summed E-state index contributed by atoms with van der Waals surface area (Å²) >= 11 is 6.48. The Bertz CT molecular complexity index is 632.